The van der Waals surface area contributed by atoms with Gasteiger partial charge in [-0.15, -0.1) is 0 Å². The van der Waals surface area contributed by atoms with Crippen LogP contribution in [0.4, 0.5) is 18.0 Å². The fourth-order valence-electron chi connectivity index (χ4n) is 7.60. The van der Waals surface area contributed by atoms with Gasteiger partial charge in [0.05, 0.1) is 0 Å². The minimum absolute atomic E-state index is 0.00979. The van der Waals surface area contributed by atoms with Gasteiger partial charge in [0.15, 0.2) is 0 Å². The summed E-state index contributed by atoms with van der Waals surface area (Å²) < 4.78 is 44.0. The molecule has 4 fully saturated rings. The zero-order chi connectivity index (χ0) is 31.9. The third kappa shape index (κ3) is 7.51. The second-order valence-corrected chi connectivity index (χ2v) is 14.3. The molecule has 5 rings (SSSR count). The molecule has 44 heavy (non-hydrogen) atoms. The van der Waals surface area contributed by atoms with Crippen LogP contribution >= 0.6 is 0 Å². The number of halogens is 3. The summed E-state index contributed by atoms with van der Waals surface area (Å²) in [7, 11) is 1.83. The molecule has 1 N–H and O–H groups in total. The molecule has 3 saturated heterocycles. The maximum absolute atomic E-state index is 14.3. The molecule has 11 heteroatoms. The van der Waals surface area contributed by atoms with E-state index in [9.17, 15) is 27.6 Å². The molecule has 1 aromatic rings. The minimum atomic E-state index is -4.21. The van der Waals surface area contributed by atoms with Crippen molar-refractivity contribution in [3.05, 3.63) is 35.9 Å². The highest BCUT2D eigenvalue weighted by Gasteiger charge is 2.58. The van der Waals surface area contributed by atoms with Gasteiger partial charge in [-0.1, -0.05) is 30.3 Å². The summed E-state index contributed by atoms with van der Waals surface area (Å²) in [5.41, 5.74) is 0.310. The largest absolute Gasteiger partial charge is 0.444 e. The monoisotopic (exact) mass is 620 g/mol. The number of ether oxygens (including phenoxy) is 1. The van der Waals surface area contributed by atoms with E-state index in [1.54, 1.807) is 25.7 Å². The third-order valence-electron chi connectivity index (χ3n) is 9.92. The molecule has 0 unspecified atom stereocenters. The molecule has 5 atom stereocenters. The quantitative estimate of drug-likeness (QED) is 0.429. The standard InChI is InChI=1S/C33H47F3N4O4/c1-31(2,3)44-30(43)37-26-13-11-24(38(4)18-8-15-33(34,35)36)19-25-12-14-27(40(25)28(26)41)29(42)39-21-23(20-32(39)16-17-32)22-9-6-5-7-10-22/h5-7,9-10,23-27H,8,11-21H2,1-4H3,(H,37,43)/t23-,24+,25-,26+,27+/m1/s1. The van der Waals surface area contributed by atoms with Gasteiger partial charge in [-0.3, -0.25) is 9.59 Å². The SMILES string of the molecule is CN(CCCC(F)(F)F)[C@H]1CC[C@H](NC(=O)OC(C)(C)C)C(=O)N2[C@H](CC[C@H]2C(=O)N2C[C@H](c3ccccc3)CC23CC3)C1. The lowest BCUT2D eigenvalue weighted by Crippen LogP contribution is -2.59. The van der Waals surface area contributed by atoms with Gasteiger partial charge in [-0.05, 0) is 97.7 Å². The number of amides is 3. The van der Waals surface area contributed by atoms with Crippen molar-refractivity contribution in [3.63, 3.8) is 0 Å². The number of likely N-dealkylation sites (tertiary alicyclic amines) is 1. The molecular formula is C33H47F3N4O4. The van der Waals surface area contributed by atoms with E-state index in [1.165, 1.54) is 5.56 Å². The average molecular weight is 621 g/mol. The number of benzene rings is 1. The topological polar surface area (TPSA) is 82.2 Å². The summed E-state index contributed by atoms with van der Waals surface area (Å²) >= 11 is 0. The van der Waals surface area contributed by atoms with Crippen molar-refractivity contribution in [3.8, 4) is 0 Å². The predicted molar refractivity (Wildman–Crippen MR) is 160 cm³/mol. The number of rotatable bonds is 7. The summed E-state index contributed by atoms with van der Waals surface area (Å²) in [6.45, 7) is 6.13. The molecule has 0 radical (unpaired) electrons. The number of alkyl carbamates (subject to hydrolysis) is 1. The van der Waals surface area contributed by atoms with E-state index >= 15 is 0 Å². The summed E-state index contributed by atoms with van der Waals surface area (Å²) in [5.74, 6) is -0.0545. The number of carbonyl (C=O) groups excluding carboxylic acids is 3. The van der Waals surface area contributed by atoms with Crippen molar-refractivity contribution in [1.82, 2.24) is 20.0 Å². The Bertz CT molecular complexity index is 1200. The first-order chi connectivity index (χ1) is 20.7. The van der Waals surface area contributed by atoms with Gasteiger partial charge in [0.2, 0.25) is 11.8 Å². The highest BCUT2D eigenvalue weighted by Crippen LogP contribution is 2.54. The van der Waals surface area contributed by atoms with Gasteiger partial charge in [-0.25, -0.2) is 4.79 Å². The molecule has 3 heterocycles. The van der Waals surface area contributed by atoms with Crippen LogP contribution in [-0.4, -0.2) is 94.2 Å². The van der Waals surface area contributed by atoms with E-state index in [0.29, 0.717) is 38.6 Å². The van der Waals surface area contributed by atoms with Crippen LogP contribution in [0.2, 0.25) is 0 Å². The Kier molecular flexibility index (Phi) is 9.27. The van der Waals surface area contributed by atoms with E-state index in [-0.39, 0.29) is 48.3 Å². The van der Waals surface area contributed by atoms with Gasteiger partial charge in [0, 0.05) is 36.5 Å². The normalized spacial score (nSPS) is 28.5. The molecule has 4 aliphatic rings. The van der Waals surface area contributed by atoms with Crippen LogP contribution in [0.3, 0.4) is 0 Å². The molecule has 3 amide bonds. The molecule has 244 valence electrons. The first-order valence-corrected chi connectivity index (χ1v) is 16.1. The van der Waals surface area contributed by atoms with Gasteiger partial charge in [0.1, 0.15) is 17.7 Å². The van der Waals surface area contributed by atoms with Crippen molar-refractivity contribution in [1.29, 1.82) is 0 Å². The second kappa shape index (κ2) is 12.5. The second-order valence-electron chi connectivity index (χ2n) is 14.3. The van der Waals surface area contributed by atoms with Crippen molar-refractivity contribution in [2.45, 2.75) is 132 Å². The number of nitrogens with zero attached hydrogens (tertiary/aromatic N) is 3. The molecule has 1 saturated carbocycles. The summed E-state index contributed by atoms with van der Waals surface area (Å²) in [6.07, 6.45) is -0.351. The van der Waals surface area contributed by atoms with Crippen molar-refractivity contribution >= 4 is 17.9 Å². The van der Waals surface area contributed by atoms with Crippen LogP contribution in [0.15, 0.2) is 30.3 Å². The number of alkyl halides is 3. The molecule has 3 aliphatic heterocycles. The highest BCUT2D eigenvalue weighted by atomic mass is 19.4. The fraction of sp³-hybridized carbons (Fsp3) is 0.727. The molecular weight excluding hydrogens is 573 g/mol. The number of hydrogen-bond donors (Lipinski definition) is 1. The Morgan fingerprint density at radius 2 is 1.77 bits per heavy atom. The number of fused-ring (bicyclic) bond motifs is 1. The van der Waals surface area contributed by atoms with Gasteiger partial charge in [-0.2, -0.15) is 13.2 Å². The third-order valence-corrected chi connectivity index (χ3v) is 9.92. The highest BCUT2D eigenvalue weighted by molar-refractivity contribution is 5.93. The van der Waals surface area contributed by atoms with Gasteiger partial charge in [0.25, 0.3) is 0 Å². The Morgan fingerprint density at radius 1 is 1.07 bits per heavy atom. The zero-order valence-corrected chi connectivity index (χ0v) is 26.4. The maximum Gasteiger partial charge on any atom is 0.408 e. The molecule has 0 aromatic heterocycles. The molecule has 1 spiro atoms. The minimum Gasteiger partial charge on any atom is -0.444 e. The first-order valence-electron chi connectivity index (χ1n) is 16.1. The Morgan fingerprint density at radius 3 is 2.41 bits per heavy atom. The van der Waals surface area contributed by atoms with Crippen LogP contribution in [0.1, 0.15) is 96.5 Å². The molecule has 1 aliphatic carbocycles. The Hall–Kier alpha value is -2.82. The van der Waals surface area contributed by atoms with Crippen molar-refractivity contribution < 1.29 is 32.3 Å². The number of carbonyl (C=O) groups is 3. The van der Waals surface area contributed by atoms with E-state index < -0.39 is 36.4 Å². The fourth-order valence-corrected chi connectivity index (χ4v) is 7.60. The Balaban J connectivity index is 1.36. The predicted octanol–water partition coefficient (Wildman–Crippen LogP) is 5.61. The number of hydrogen-bond acceptors (Lipinski definition) is 5. The van der Waals surface area contributed by atoms with Gasteiger partial charge >= 0.3 is 12.3 Å². The van der Waals surface area contributed by atoms with E-state index in [1.807, 2.05) is 35.0 Å². The lowest BCUT2D eigenvalue weighted by atomic mass is 9.93. The van der Waals surface area contributed by atoms with Crippen molar-refractivity contribution in [2.75, 3.05) is 20.1 Å². The Labute approximate surface area is 258 Å². The van der Waals surface area contributed by atoms with Crippen LogP contribution in [0.25, 0.3) is 0 Å². The average Bonchev–Trinajstić information content (AvgIpc) is 3.42. The molecule has 8 nitrogen and oxygen atoms in total. The van der Waals surface area contributed by atoms with Crippen LogP contribution in [0, 0.1) is 0 Å². The van der Waals surface area contributed by atoms with Crippen LogP contribution in [0.5, 0.6) is 0 Å². The molecule has 0 bridgehead atoms. The van der Waals surface area contributed by atoms with Gasteiger partial charge < -0.3 is 24.8 Å². The summed E-state index contributed by atoms with van der Waals surface area (Å²) in [5, 5.41) is 2.77. The number of nitrogens with one attached hydrogen (secondary N) is 1. The lowest BCUT2D eigenvalue weighted by molar-refractivity contribution is -0.148. The maximum atomic E-state index is 14.3. The smallest absolute Gasteiger partial charge is 0.408 e. The summed E-state index contributed by atoms with van der Waals surface area (Å²) in [6, 6.07) is 8.41. The van der Waals surface area contributed by atoms with E-state index in [0.717, 1.165) is 19.3 Å². The van der Waals surface area contributed by atoms with Crippen molar-refractivity contribution in [2.24, 2.45) is 0 Å². The van der Waals surface area contributed by atoms with E-state index in [4.69, 9.17) is 4.74 Å². The van der Waals surface area contributed by atoms with Crippen LogP contribution in [-0.2, 0) is 14.3 Å². The lowest BCUT2D eigenvalue weighted by Gasteiger charge is -2.41. The molecule has 1 aromatic carbocycles. The van der Waals surface area contributed by atoms with Crippen LogP contribution < -0.4 is 5.32 Å². The first kappa shape index (κ1) is 32.6. The van der Waals surface area contributed by atoms with E-state index in [2.05, 4.69) is 17.4 Å². The summed E-state index contributed by atoms with van der Waals surface area (Å²) in [4.78, 5) is 47.0. The zero-order valence-electron chi connectivity index (χ0n) is 26.4.